The van der Waals surface area contributed by atoms with Crippen molar-refractivity contribution in [3.63, 3.8) is 0 Å². The number of hydrogen-bond donors (Lipinski definition) is 0. The van der Waals surface area contributed by atoms with Gasteiger partial charge in [-0.3, -0.25) is 0 Å². The first-order chi connectivity index (χ1) is 6.00. The first kappa shape index (κ1) is 86.9. The molecule has 66 valence electrons. The second-order valence-electron chi connectivity index (χ2n) is 0. The van der Waals surface area contributed by atoms with Gasteiger partial charge in [-0.1, -0.05) is 0 Å². The summed E-state index contributed by atoms with van der Waals surface area (Å²) in [5, 5.41) is 31.2. The van der Waals surface area contributed by atoms with E-state index in [9.17, 15) is 0 Å². The zero-order chi connectivity index (χ0) is 12.0. The Labute approximate surface area is 106 Å². The second kappa shape index (κ2) is 356. The van der Waals surface area contributed by atoms with Crippen LogP contribution in [0.5, 0.6) is 0 Å². The average molecular weight is 281 g/mol. The van der Waals surface area contributed by atoms with Crippen molar-refractivity contribution in [1.82, 2.24) is 0 Å². The molecule has 0 aromatic carbocycles. The quantitative estimate of drug-likeness (QED) is 0.471. The summed E-state index contributed by atoms with van der Waals surface area (Å²) in [5.41, 5.74) is 5.75. The van der Waals surface area contributed by atoms with E-state index in [0.29, 0.717) is 0 Å². The maximum absolute atomic E-state index is 7.25. The largest absolute Gasteiger partial charge is 4.00 e. The number of nitroso groups, excluding NO2 is 1. The van der Waals surface area contributed by atoms with Gasteiger partial charge in [-0.05, 0) is 0 Å². The van der Waals surface area contributed by atoms with Gasteiger partial charge in [0.2, 0.25) is 0 Å². The van der Waals surface area contributed by atoms with Crippen LogP contribution < -0.4 is 0 Å². The van der Waals surface area contributed by atoms with Crippen molar-refractivity contribution in [2.24, 2.45) is 0 Å². The average Bonchev–Trinajstić information content (AvgIpc) is 2.33. The fourth-order valence-electron chi connectivity index (χ4n) is 0. The minimum atomic E-state index is 0. The van der Waals surface area contributed by atoms with Crippen LogP contribution in [0.2, 0.25) is 0 Å². The molecule has 0 aliphatic carbocycles. The van der Waals surface area contributed by atoms with Crippen LogP contribution in [0.4, 0.5) is 0 Å². The molecule has 7 nitrogen and oxygen atoms in total. The maximum Gasteiger partial charge on any atom is 4.00 e. The third-order valence-corrected chi connectivity index (χ3v) is 0. The van der Waals surface area contributed by atoms with Crippen LogP contribution in [0.1, 0.15) is 0 Å². The zero-order valence-corrected chi connectivity index (χ0v) is 10.7. The summed E-state index contributed by atoms with van der Waals surface area (Å²) in [4.78, 5) is 7.25. The van der Waals surface area contributed by atoms with E-state index in [2.05, 4.69) is 0 Å². The first-order valence-electron chi connectivity index (χ1n) is 1.30. The van der Waals surface area contributed by atoms with Gasteiger partial charge >= 0.3 is 36.5 Å². The van der Waals surface area contributed by atoms with Crippen molar-refractivity contribution in [2.45, 2.75) is 0 Å². The molecule has 0 spiro atoms. The standard InChI is InChI=1S/5CN.Fe.NO.Zn/c5*1-2;;1-2;/q5*-1;+4;-1;+2. The van der Waals surface area contributed by atoms with Gasteiger partial charge in [-0.25, -0.2) is 0 Å². The van der Waals surface area contributed by atoms with Crippen LogP contribution in [-0.2, 0) is 36.5 Å². The molecule has 0 unspecified atom stereocenters. The van der Waals surface area contributed by atoms with Gasteiger partial charge in [-0.15, -0.1) is 0 Å². The number of rotatable bonds is 0. The van der Waals surface area contributed by atoms with Crippen molar-refractivity contribution in [3.05, 3.63) is 43.4 Å². The Kier molecular flexibility index (Phi) is 2210. The van der Waals surface area contributed by atoms with Crippen LogP contribution in [0.15, 0.2) is 0 Å². The van der Waals surface area contributed by atoms with E-state index in [0.717, 1.165) is 0 Å². The van der Waals surface area contributed by atoms with Crippen molar-refractivity contribution >= 4 is 0 Å². The van der Waals surface area contributed by atoms with E-state index in [-0.39, 0.29) is 36.5 Å². The van der Waals surface area contributed by atoms with Crippen LogP contribution in [0.3, 0.4) is 0 Å². The van der Waals surface area contributed by atoms with Crippen LogP contribution in [0.25, 0.3) is 5.59 Å². The van der Waals surface area contributed by atoms with Crippen LogP contribution in [0, 0.1) is 64.1 Å². The van der Waals surface area contributed by atoms with Gasteiger partial charge in [0.25, 0.3) is 0 Å². The van der Waals surface area contributed by atoms with Crippen LogP contribution in [-0.4, -0.2) is 0 Å². The fourth-order valence-corrected chi connectivity index (χ4v) is 0. The summed E-state index contributed by atoms with van der Waals surface area (Å²) in [6.45, 7) is 23.8. The molecule has 14 heavy (non-hydrogen) atoms. The molecular weight excluding hydrogens is 281 g/mol. The topological polar surface area (TPSA) is 158 Å². The molecule has 0 radical (unpaired) electrons. The summed E-state index contributed by atoms with van der Waals surface area (Å²) in [5.74, 6) is 0. The Morgan fingerprint density at radius 3 is 0.571 bits per heavy atom. The van der Waals surface area contributed by atoms with E-state index >= 15 is 0 Å². The van der Waals surface area contributed by atoms with E-state index in [1.807, 2.05) is 0 Å². The normalized spacial score (nSPS) is 1.00. The zero-order valence-electron chi connectivity index (χ0n) is 6.65. The van der Waals surface area contributed by atoms with Crippen molar-refractivity contribution in [1.29, 1.82) is 26.3 Å². The molecule has 0 atom stereocenters. The molecule has 0 fully saturated rings. The first-order valence-corrected chi connectivity index (χ1v) is 1.30. The monoisotopic (exact) mass is 280 g/mol. The fraction of sp³-hybridized carbons (Fsp3) is 0. The molecule has 0 saturated heterocycles. The molecule has 0 amide bonds. The van der Waals surface area contributed by atoms with Gasteiger partial charge in [0.05, 0.1) is 0 Å². The van der Waals surface area contributed by atoms with E-state index in [4.69, 9.17) is 69.7 Å². The molecule has 0 saturated carbocycles. The van der Waals surface area contributed by atoms with Gasteiger partial charge in [0.15, 0.2) is 0 Å². The molecule has 0 heterocycles. The molecule has 0 aromatic rings. The van der Waals surface area contributed by atoms with Gasteiger partial charge in [0.1, 0.15) is 0 Å². The Morgan fingerprint density at radius 2 is 0.571 bits per heavy atom. The summed E-state index contributed by atoms with van der Waals surface area (Å²) < 4.78 is 0. The van der Waals surface area contributed by atoms with Crippen molar-refractivity contribution in [3.8, 4) is 0 Å². The second-order valence-corrected chi connectivity index (χ2v) is 0. The van der Waals surface area contributed by atoms with Crippen LogP contribution >= 0.6 is 0 Å². The number of hydrogen-bond acceptors (Lipinski definition) is 6. The third kappa shape index (κ3) is 264. The third-order valence-electron chi connectivity index (χ3n) is 0. The SMILES string of the molecule is [C-]#N.[C-]#N.[C-]#N.[C-]#N.[C-]#N.[Fe+4].[N-]=O.[Zn+2]. The molecule has 0 aromatic heterocycles. The summed E-state index contributed by atoms with van der Waals surface area (Å²) in [7, 11) is 0. The minimum absolute atomic E-state index is 0. The van der Waals surface area contributed by atoms with Gasteiger partial charge in [-0.2, -0.15) is 0 Å². The maximum atomic E-state index is 7.25. The Morgan fingerprint density at radius 1 is 0.571 bits per heavy atom. The van der Waals surface area contributed by atoms with Crippen molar-refractivity contribution < 1.29 is 36.5 Å². The number of nitrogens with zero attached hydrogens (tertiary/aromatic N) is 6. The van der Waals surface area contributed by atoms with Crippen molar-refractivity contribution in [2.75, 3.05) is 0 Å². The van der Waals surface area contributed by atoms with Gasteiger partial charge < -0.3 is 69.7 Å². The molecule has 9 heteroatoms. The Hall–Kier alpha value is -1.81. The Balaban J connectivity index is -0.00000000500. The summed E-state index contributed by atoms with van der Waals surface area (Å²) in [6.07, 6.45) is 0. The molecule has 0 N–H and O–H groups in total. The molecular formula is C5FeN6OZn. The molecule has 0 aliphatic rings. The molecule has 0 aliphatic heterocycles. The predicted molar refractivity (Wildman–Crippen MR) is 31.6 cm³/mol. The Bertz CT molecular complexity index is 95.6. The summed E-state index contributed by atoms with van der Waals surface area (Å²) in [6, 6.07) is 0. The van der Waals surface area contributed by atoms with E-state index in [1.54, 1.807) is 0 Å². The molecule has 0 bridgehead atoms. The predicted octanol–water partition coefficient (Wildman–Crippen LogP) is 0.799. The summed E-state index contributed by atoms with van der Waals surface area (Å²) >= 11 is 0. The molecule has 0 rings (SSSR count). The van der Waals surface area contributed by atoms with E-state index < -0.39 is 0 Å². The van der Waals surface area contributed by atoms with E-state index in [1.165, 1.54) is 0 Å². The smallest absolute Gasteiger partial charge is 0.577 e. The van der Waals surface area contributed by atoms with Gasteiger partial charge in [0, 0.05) is 0 Å². The minimum Gasteiger partial charge on any atom is -0.577 e.